The van der Waals surface area contributed by atoms with Crippen molar-refractivity contribution in [3.63, 3.8) is 0 Å². The molecule has 0 bridgehead atoms. The summed E-state index contributed by atoms with van der Waals surface area (Å²) in [6.07, 6.45) is 0.514. The van der Waals surface area contributed by atoms with E-state index in [0.29, 0.717) is 31.8 Å². The number of aromatic nitrogens is 1. The molecule has 0 aromatic carbocycles. The van der Waals surface area contributed by atoms with E-state index in [1.54, 1.807) is 11.9 Å². The summed E-state index contributed by atoms with van der Waals surface area (Å²) >= 11 is 3.34. The zero-order valence-corrected chi connectivity index (χ0v) is 23.4. The van der Waals surface area contributed by atoms with E-state index < -0.39 is 38.9 Å². The Morgan fingerprint density at radius 3 is 2.79 bits per heavy atom. The maximum Gasteiger partial charge on any atom is 0.350 e. The number of nitrogens with one attached hydrogen (secondary N) is 2. The molecule has 0 radical (unpaired) electrons. The molecule has 210 valence electrons. The second kappa shape index (κ2) is 12.6. The number of carboxylic acid groups (broad SMARTS) is 2. The quantitative estimate of drug-likeness (QED) is 0.118. The summed E-state index contributed by atoms with van der Waals surface area (Å²) in [5.74, 6) is -2.74. The van der Waals surface area contributed by atoms with Crippen molar-refractivity contribution in [1.29, 1.82) is 0 Å². The zero-order valence-electron chi connectivity index (χ0n) is 20.9. The average Bonchev–Trinajstić information content (AvgIpc) is 3.45. The Bertz CT molecular complexity index is 1080. The fraction of sp³-hybridized carbons (Fsp3) is 0.619. The largest absolute Gasteiger partial charge is 0.480 e. The van der Waals surface area contributed by atoms with Crippen LogP contribution in [0.1, 0.15) is 19.5 Å². The lowest BCUT2D eigenvalue weighted by atomic mass is 10.1. The van der Waals surface area contributed by atoms with Gasteiger partial charge >= 0.3 is 11.9 Å². The molecular formula is C21H30N6O8S3. The number of aliphatic carboxylic acids is 2. The van der Waals surface area contributed by atoms with Gasteiger partial charge in [0, 0.05) is 30.3 Å². The molecule has 2 saturated heterocycles. The maximum absolute atomic E-state index is 13.2. The van der Waals surface area contributed by atoms with Gasteiger partial charge in [0.25, 0.3) is 5.91 Å². The summed E-state index contributed by atoms with van der Waals surface area (Å²) in [5, 5.41) is 29.8. The van der Waals surface area contributed by atoms with Gasteiger partial charge in [0.1, 0.15) is 18.0 Å². The number of aldehydes is 1. The first-order valence-corrected chi connectivity index (χ1v) is 14.2. The summed E-state index contributed by atoms with van der Waals surface area (Å²) < 4.78 is 4.17. The summed E-state index contributed by atoms with van der Waals surface area (Å²) in [6.45, 7) is 4.38. The second-order valence-corrected chi connectivity index (χ2v) is 13.0. The molecule has 3 heterocycles. The van der Waals surface area contributed by atoms with E-state index in [1.165, 1.54) is 31.0 Å². The van der Waals surface area contributed by atoms with E-state index in [1.807, 2.05) is 0 Å². The van der Waals surface area contributed by atoms with E-state index in [4.69, 9.17) is 15.3 Å². The van der Waals surface area contributed by atoms with Crippen LogP contribution in [0.15, 0.2) is 10.5 Å². The van der Waals surface area contributed by atoms with Gasteiger partial charge in [-0.15, -0.1) is 34.9 Å². The minimum Gasteiger partial charge on any atom is -0.480 e. The number of oxime groups is 1. The van der Waals surface area contributed by atoms with Crippen LogP contribution in [0.5, 0.6) is 0 Å². The predicted octanol–water partition coefficient (Wildman–Crippen LogP) is -0.500. The monoisotopic (exact) mass is 590 g/mol. The topological polar surface area (TPSA) is 206 Å². The van der Waals surface area contributed by atoms with Crippen LogP contribution in [-0.2, 0) is 28.8 Å². The number of thioether (sulfide) groups is 2. The Hall–Kier alpha value is -2.44. The molecule has 1 amide bonds. The minimum atomic E-state index is -1.75. The standard InChI is InChI=1S/C21H30N6O8S3/c1-20(2,17(30)31)35-26-14(13-9-36-19(22)25-13)15(29)24-12(6-28)16-27(3)10-21(38-16,18(32)33)37-8-11-7-34-5-4-23-11/h6,9,11-12,16,23H,4-5,7-8,10H2,1-3H3,(H2,22,25)(H,24,29)(H,30,31)(H,32,33)/b26-14-/t11?,12?,16-,21?/m1/s1. The molecule has 6 N–H and O–H groups in total. The summed E-state index contributed by atoms with van der Waals surface area (Å²) in [6, 6.07) is -1.14. The maximum atomic E-state index is 13.2. The SMILES string of the molecule is CN1CC(SCC2COCCN2)(C(=O)O)S[C@@H]1C(C=O)NC(=O)/C(=N\OC(C)(C)C(=O)O)c1csc(N)n1. The number of rotatable bonds is 12. The number of hydrogen-bond acceptors (Lipinski definition) is 14. The number of carbonyl (C=O) groups is 4. The van der Waals surface area contributed by atoms with Crippen LogP contribution in [0.4, 0.5) is 5.13 Å². The average molecular weight is 591 g/mol. The lowest BCUT2D eigenvalue weighted by Crippen LogP contribution is -2.50. The Balaban J connectivity index is 1.78. The van der Waals surface area contributed by atoms with Gasteiger partial charge in [-0.3, -0.25) is 9.69 Å². The Morgan fingerprint density at radius 1 is 1.50 bits per heavy atom. The lowest BCUT2D eigenvalue weighted by molar-refractivity contribution is -0.161. The highest BCUT2D eigenvalue weighted by atomic mass is 32.2. The number of nitrogen functional groups attached to an aromatic ring is 1. The molecule has 1 aromatic rings. The number of ether oxygens (including phenoxy) is 1. The number of hydrogen-bond donors (Lipinski definition) is 5. The molecule has 0 aliphatic carbocycles. The van der Waals surface area contributed by atoms with Gasteiger partial charge in [-0.1, -0.05) is 5.16 Å². The molecule has 3 rings (SSSR count). The molecule has 2 aliphatic heterocycles. The number of nitrogens with two attached hydrogens (primary N) is 1. The number of nitrogens with zero attached hydrogens (tertiary/aromatic N) is 3. The fourth-order valence-electron chi connectivity index (χ4n) is 3.50. The molecule has 2 fully saturated rings. The van der Waals surface area contributed by atoms with Crippen LogP contribution < -0.4 is 16.4 Å². The van der Waals surface area contributed by atoms with Gasteiger partial charge in [-0.25, -0.2) is 14.6 Å². The number of likely N-dealkylation sites (N-methyl/N-ethyl adjacent to an activating group) is 1. The van der Waals surface area contributed by atoms with Crippen LogP contribution >= 0.6 is 34.9 Å². The highest BCUT2D eigenvalue weighted by Crippen LogP contribution is 2.48. The van der Waals surface area contributed by atoms with Crippen LogP contribution in [0.3, 0.4) is 0 Å². The zero-order chi connectivity index (χ0) is 28.1. The molecule has 4 atom stereocenters. The van der Waals surface area contributed by atoms with Crippen molar-refractivity contribution < 1.29 is 39.0 Å². The van der Waals surface area contributed by atoms with Gasteiger partial charge in [-0.2, -0.15) is 0 Å². The predicted molar refractivity (Wildman–Crippen MR) is 143 cm³/mol. The van der Waals surface area contributed by atoms with E-state index in [0.717, 1.165) is 23.1 Å². The van der Waals surface area contributed by atoms with Gasteiger partial charge in [0.2, 0.25) is 5.60 Å². The minimum absolute atomic E-state index is 0.00382. The van der Waals surface area contributed by atoms with E-state index in [2.05, 4.69) is 20.8 Å². The summed E-state index contributed by atoms with van der Waals surface area (Å²) in [5.41, 5.74) is 3.57. The Morgan fingerprint density at radius 2 is 2.24 bits per heavy atom. The lowest BCUT2D eigenvalue weighted by Gasteiger charge is -2.28. The number of amides is 1. The molecule has 17 heteroatoms. The Kier molecular flexibility index (Phi) is 9.99. The van der Waals surface area contributed by atoms with Crippen molar-refractivity contribution in [2.24, 2.45) is 5.16 Å². The normalized spacial score (nSPS) is 25.5. The van der Waals surface area contributed by atoms with Crippen molar-refractivity contribution in [3.05, 3.63) is 11.1 Å². The van der Waals surface area contributed by atoms with Crippen LogP contribution in [0, 0.1) is 0 Å². The highest BCUT2D eigenvalue weighted by molar-refractivity contribution is 8.19. The number of anilines is 1. The molecule has 1 aromatic heterocycles. The number of carboxylic acids is 2. The van der Waals surface area contributed by atoms with Gasteiger partial charge in [0.15, 0.2) is 14.9 Å². The second-order valence-electron chi connectivity index (χ2n) is 9.07. The third-order valence-corrected chi connectivity index (χ3v) is 9.89. The number of thiazole rings is 1. The van der Waals surface area contributed by atoms with Crippen molar-refractivity contribution in [1.82, 2.24) is 20.5 Å². The van der Waals surface area contributed by atoms with Crippen molar-refractivity contribution >= 4 is 69.8 Å². The smallest absolute Gasteiger partial charge is 0.350 e. The van der Waals surface area contributed by atoms with Crippen LogP contribution in [0.2, 0.25) is 0 Å². The molecule has 38 heavy (non-hydrogen) atoms. The first kappa shape index (κ1) is 30.1. The number of morpholine rings is 1. The third kappa shape index (κ3) is 7.15. The van der Waals surface area contributed by atoms with Crippen LogP contribution in [0.25, 0.3) is 0 Å². The third-order valence-electron chi connectivity index (χ3n) is 5.66. The molecular weight excluding hydrogens is 560 g/mol. The van der Waals surface area contributed by atoms with Gasteiger partial charge in [0.05, 0.1) is 18.6 Å². The molecule has 2 aliphatic rings. The fourth-order valence-corrected chi connectivity index (χ4v) is 7.23. The first-order valence-electron chi connectivity index (χ1n) is 11.4. The van der Waals surface area contributed by atoms with Crippen molar-refractivity contribution in [2.75, 3.05) is 44.8 Å². The van der Waals surface area contributed by atoms with E-state index in [-0.39, 0.29) is 29.1 Å². The summed E-state index contributed by atoms with van der Waals surface area (Å²) in [4.78, 5) is 59.9. The molecule has 0 spiro atoms. The molecule has 0 saturated carbocycles. The van der Waals surface area contributed by atoms with Gasteiger partial charge in [-0.05, 0) is 20.9 Å². The number of carbonyl (C=O) groups excluding carboxylic acids is 2. The van der Waals surface area contributed by atoms with Gasteiger partial charge < -0.3 is 40.9 Å². The highest BCUT2D eigenvalue weighted by Gasteiger charge is 2.52. The van der Waals surface area contributed by atoms with E-state index in [9.17, 15) is 29.4 Å². The first-order chi connectivity index (χ1) is 17.9. The molecule has 3 unspecified atom stereocenters. The molecule has 14 nitrogen and oxygen atoms in total. The van der Waals surface area contributed by atoms with Crippen LogP contribution in [-0.4, -0.2) is 116 Å². The van der Waals surface area contributed by atoms with E-state index >= 15 is 0 Å². The Labute approximate surface area is 231 Å². The van der Waals surface area contributed by atoms with Crippen molar-refractivity contribution in [3.8, 4) is 0 Å². The summed E-state index contributed by atoms with van der Waals surface area (Å²) in [7, 11) is 1.67. The van der Waals surface area contributed by atoms with Crippen molar-refractivity contribution in [2.45, 2.75) is 41.0 Å².